The Hall–Kier alpha value is -1.73. The third-order valence-corrected chi connectivity index (χ3v) is 2.77. The first-order chi connectivity index (χ1) is 7.47. The fraction of sp³-hybridized carbons (Fsp3) is 0.111. The number of rotatable bonds is 2. The van der Waals surface area contributed by atoms with Crippen LogP contribution in [0.15, 0.2) is 33.7 Å². The number of aryl methyl sites for hydroxylation is 1. The topological polar surface area (TPSA) is 93.3 Å². The highest BCUT2D eigenvalue weighted by Crippen LogP contribution is 2.19. The van der Waals surface area contributed by atoms with E-state index in [9.17, 15) is 8.42 Å². The molecule has 0 aliphatic carbocycles. The molecule has 0 atom stereocenters. The first-order valence-corrected chi connectivity index (χ1v) is 5.79. The fourth-order valence-electron chi connectivity index (χ4n) is 1.21. The van der Waals surface area contributed by atoms with Crippen molar-refractivity contribution in [2.75, 3.05) is 0 Å². The Morgan fingerprint density at radius 2 is 2.12 bits per heavy atom. The lowest BCUT2D eigenvalue weighted by atomic mass is 10.2. The highest BCUT2D eigenvalue weighted by atomic mass is 32.2. The molecule has 1 aromatic heterocycles. The van der Waals surface area contributed by atoms with Crippen molar-refractivity contribution in [3.8, 4) is 11.4 Å². The maximum absolute atomic E-state index is 10.9. The quantitative estimate of drug-likeness (QED) is 0.795. The van der Waals surface area contributed by atoms with Gasteiger partial charge in [0.2, 0.25) is 11.7 Å². The van der Waals surface area contributed by atoms with E-state index in [4.69, 9.17) is 9.08 Å². The molecule has 0 aliphatic rings. The van der Waals surface area contributed by atoms with Crippen molar-refractivity contribution in [3.63, 3.8) is 0 Å². The average molecular weight is 240 g/mol. The summed E-state index contributed by atoms with van der Waals surface area (Å²) in [6, 6.07) is 5.68. The molecular weight excluding hydrogens is 232 g/mol. The first-order valence-electron chi connectivity index (χ1n) is 4.35. The van der Waals surface area contributed by atoms with Crippen LogP contribution < -0.4 is 0 Å². The first kappa shape index (κ1) is 10.8. The van der Waals surface area contributed by atoms with Crippen LogP contribution in [0.25, 0.3) is 11.4 Å². The Labute approximate surface area is 91.7 Å². The van der Waals surface area contributed by atoms with Crippen molar-refractivity contribution < 1.29 is 17.5 Å². The van der Waals surface area contributed by atoms with E-state index in [-0.39, 0.29) is 10.7 Å². The van der Waals surface area contributed by atoms with E-state index in [1.807, 2.05) is 0 Å². The summed E-state index contributed by atoms with van der Waals surface area (Å²) in [5, 5.41) is 3.65. The van der Waals surface area contributed by atoms with Crippen LogP contribution in [0.2, 0.25) is 0 Å². The Kier molecular flexibility index (Phi) is 2.49. The van der Waals surface area contributed by atoms with Gasteiger partial charge in [0.05, 0.1) is 4.90 Å². The molecule has 1 N–H and O–H groups in total. The van der Waals surface area contributed by atoms with Gasteiger partial charge in [-0.2, -0.15) is 13.4 Å². The van der Waals surface area contributed by atoms with Crippen LogP contribution in [0, 0.1) is 6.92 Å². The largest absolute Gasteiger partial charge is 0.339 e. The molecule has 6 nitrogen and oxygen atoms in total. The molecule has 84 valence electrons. The minimum atomic E-state index is -4.21. The summed E-state index contributed by atoms with van der Waals surface area (Å²) in [5.74, 6) is 0.662. The third-order valence-electron chi connectivity index (χ3n) is 1.92. The molecule has 2 aromatic rings. The molecule has 2 rings (SSSR count). The zero-order valence-electron chi connectivity index (χ0n) is 8.28. The van der Waals surface area contributed by atoms with Crippen LogP contribution in [0.1, 0.15) is 5.89 Å². The minimum absolute atomic E-state index is 0.201. The number of hydrogen-bond donors (Lipinski definition) is 1. The van der Waals surface area contributed by atoms with Gasteiger partial charge in [0.15, 0.2) is 0 Å². The summed E-state index contributed by atoms with van der Waals surface area (Å²) in [6.45, 7) is 1.63. The van der Waals surface area contributed by atoms with Gasteiger partial charge in [0, 0.05) is 12.5 Å². The fourth-order valence-corrected chi connectivity index (χ4v) is 1.74. The van der Waals surface area contributed by atoms with Crippen LogP contribution >= 0.6 is 0 Å². The SMILES string of the molecule is Cc1nc(-c2cccc(S(=O)(=O)O)c2)no1. The number of hydrogen-bond acceptors (Lipinski definition) is 5. The van der Waals surface area contributed by atoms with Gasteiger partial charge in [-0.3, -0.25) is 4.55 Å². The van der Waals surface area contributed by atoms with E-state index in [2.05, 4.69) is 10.1 Å². The summed E-state index contributed by atoms with van der Waals surface area (Å²) in [7, 11) is -4.21. The molecule has 0 radical (unpaired) electrons. The lowest BCUT2D eigenvalue weighted by Crippen LogP contribution is -1.97. The second-order valence-electron chi connectivity index (χ2n) is 3.14. The van der Waals surface area contributed by atoms with Crippen LogP contribution in [-0.2, 0) is 10.1 Å². The molecule has 0 amide bonds. The van der Waals surface area contributed by atoms with Crippen molar-refractivity contribution in [2.45, 2.75) is 11.8 Å². The maximum Gasteiger partial charge on any atom is 0.294 e. The summed E-state index contributed by atoms with van der Waals surface area (Å²) in [5.41, 5.74) is 0.465. The van der Waals surface area contributed by atoms with Gasteiger partial charge < -0.3 is 4.52 Å². The molecule has 1 aromatic carbocycles. The van der Waals surface area contributed by atoms with E-state index in [1.165, 1.54) is 18.2 Å². The maximum atomic E-state index is 10.9. The van der Waals surface area contributed by atoms with Crippen LogP contribution in [0.3, 0.4) is 0 Å². The third kappa shape index (κ3) is 2.10. The highest BCUT2D eigenvalue weighted by Gasteiger charge is 2.12. The van der Waals surface area contributed by atoms with Crippen LogP contribution in [-0.4, -0.2) is 23.1 Å². The molecule has 0 saturated heterocycles. The monoisotopic (exact) mass is 240 g/mol. The molecule has 0 saturated carbocycles. The van der Waals surface area contributed by atoms with Crippen molar-refractivity contribution in [1.82, 2.24) is 10.1 Å². The highest BCUT2D eigenvalue weighted by molar-refractivity contribution is 7.85. The van der Waals surface area contributed by atoms with E-state index in [0.717, 1.165) is 0 Å². The van der Waals surface area contributed by atoms with Gasteiger partial charge in [-0.15, -0.1) is 0 Å². The molecule has 16 heavy (non-hydrogen) atoms. The second kappa shape index (κ2) is 3.69. The zero-order valence-corrected chi connectivity index (χ0v) is 9.10. The summed E-state index contributed by atoms with van der Waals surface area (Å²) >= 11 is 0. The molecule has 0 aliphatic heterocycles. The van der Waals surface area contributed by atoms with E-state index in [1.54, 1.807) is 13.0 Å². The average Bonchev–Trinajstić information content (AvgIpc) is 2.64. The standard InChI is InChI=1S/C9H8N2O4S/c1-6-10-9(11-15-6)7-3-2-4-8(5-7)16(12,13)14/h2-5H,1H3,(H,12,13,14). The van der Waals surface area contributed by atoms with Crippen LogP contribution in [0.5, 0.6) is 0 Å². The molecule has 0 unspecified atom stereocenters. The normalized spacial score (nSPS) is 11.6. The van der Waals surface area contributed by atoms with Crippen molar-refractivity contribution >= 4 is 10.1 Å². The summed E-state index contributed by atoms with van der Waals surface area (Å²) in [6.07, 6.45) is 0. The zero-order chi connectivity index (χ0) is 11.8. The number of nitrogens with zero attached hydrogens (tertiary/aromatic N) is 2. The summed E-state index contributed by atoms with van der Waals surface area (Å²) in [4.78, 5) is 3.75. The lowest BCUT2D eigenvalue weighted by Gasteiger charge is -1.98. The minimum Gasteiger partial charge on any atom is -0.339 e. The number of aromatic nitrogens is 2. The van der Waals surface area contributed by atoms with Gasteiger partial charge in [-0.25, -0.2) is 0 Å². The van der Waals surface area contributed by atoms with Crippen molar-refractivity contribution in [3.05, 3.63) is 30.2 Å². The molecule has 0 fully saturated rings. The Balaban J connectivity index is 2.52. The Bertz CT molecular complexity index is 618. The Morgan fingerprint density at radius 1 is 1.38 bits per heavy atom. The van der Waals surface area contributed by atoms with Crippen molar-refractivity contribution in [2.24, 2.45) is 0 Å². The molecule has 0 bridgehead atoms. The van der Waals surface area contributed by atoms with Gasteiger partial charge >= 0.3 is 0 Å². The molecular formula is C9H8N2O4S. The molecule has 0 spiro atoms. The van der Waals surface area contributed by atoms with Crippen molar-refractivity contribution in [1.29, 1.82) is 0 Å². The second-order valence-corrected chi connectivity index (χ2v) is 4.56. The number of benzene rings is 1. The van der Waals surface area contributed by atoms with E-state index in [0.29, 0.717) is 11.5 Å². The lowest BCUT2D eigenvalue weighted by molar-refractivity contribution is 0.394. The van der Waals surface area contributed by atoms with E-state index < -0.39 is 10.1 Å². The van der Waals surface area contributed by atoms with Gasteiger partial charge in [-0.1, -0.05) is 17.3 Å². The predicted molar refractivity (Wildman–Crippen MR) is 54.3 cm³/mol. The van der Waals surface area contributed by atoms with Gasteiger partial charge in [-0.05, 0) is 12.1 Å². The van der Waals surface area contributed by atoms with E-state index >= 15 is 0 Å². The van der Waals surface area contributed by atoms with Crippen LogP contribution in [0.4, 0.5) is 0 Å². The smallest absolute Gasteiger partial charge is 0.294 e. The molecule has 1 heterocycles. The summed E-state index contributed by atoms with van der Waals surface area (Å²) < 4.78 is 35.5. The molecule has 7 heteroatoms. The van der Waals surface area contributed by atoms with Gasteiger partial charge in [0.1, 0.15) is 0 Å². The van der Waals surface area contributed by atoms with Gasteiger partial charge in [0.25, 0.3) is 10.1 Å². The Morgan fingerprint density at radius 3 is 2.69 bits per heavy atom. The predicted octanol–water partition coefficient (Wildman–Crippen LogP) is 1.29.